The minimum absolute atomic E-state index is 0.195. The molecule has 0 spiro atoms. The van der Waals surface area contributed by atoms with Gasteiger partial charge in [0.2, 0.25) is 0 Å². The van der Waals surface area contributed by atoms with Gasteiger partial charge in [0.1, 0.15) is 5.54 Å². The first kappa shape index (κ1) is 14.0. The number of carbonyl (C=O) groups is 2. The molecule has 1 aromatic carbocycles. The van der Waals surface area contributed by atoms with Gasteiger partial charge >= 0.3 is 5.97 Å². The second-order valence-electron chi connectivity index (χ2n) is 4.31. The van der Waals surface area contributed by atoms with Crippen LogP contribution in [-0.2, 0) is 4.79 Å². The van der Waals surface area contributed by atoms with E-state index in [9.17, 15) is 9.59 Å². The van der Waals surface area contributed by atoms with E-state index >= 15 is 0 Å². The fourth-order valence-corrected chi connectivity index (χ4v) is 2.33. The molecule has 5 nitrogen and oxygen atoms in total. The average molecular weight is 304 g/mol. The highest BCUT2D eigenvalue weighted by molar-refractivity contribution is 6.37. The lowest BCUT2D eigenvalue weighted by molar-refractivity contribution is -0.140. The van der Waals surface area contributed by atoms with Gasteiger partial charge in [0.25, 0.3) is 5.91 Å². The van der Waals surface area contributed by atoms with Crippen LogP contribution in [0.1, 0.15) is 23.2 Å². The van der Waals surface area contributed by atoms with E-state index in [4.69, 9.17) is 33.0 Å². The summed E-state index contributed by atoms with van der Waals surface area (Å²) in [6.07, 6.45) is 0.845. The standard InChI is InChI=1S/C12H11Cl2NO4/c1-19-9-7(13)4-6(5-8(9)14)10(16)15-12(2-3-12)11(17)18/h4-5H,2-3H2,1H3,(H,15,16)(H,17,18). The van der Waals surface area contributed by atoms with Crippen LogP contribution in [0.4, 0.5) is 0 Å². The van der Waals surface area contributed by atoms with Crippen LogP contribution in [0.2, 0.25) is 10.0 Å². The maximum atomic E-state index is 12.0. The Morgan fingerprint density at radius 3 is 2.21 bits per heavy atom. The number of methoxy groups -OCH3 is 1. The number of halogens is 2. The zero-order valence-corrected chi connectivity index (χ0v) is 11.5. The van der Waals surface area contributed by atoms with Crippen LogP contribution in [0.25, 0.3) is 0 Å². The number of hydrogen-bond donors (Lipinski definition) is 2. The van der Waals surface area contributed by atoms with E-state index in [2.05, 4.69) is 5.32 Å². The molecule has 0 saturated heterocycles. The number of rotatable bonds is 4. The molecule has 1 aliphatic carbocycles. The van der Waals surface area contributed by atoms with Gasteiger partial charge in [0.15, 0.2) is 5.75 Å². The van der Waals surface area contributed by atoms with Gasteiger partial charge < -0.3 is 15.2 Å². The Bertz CT molecular complexity index is 532. The van der Waals surface area contributed by atoms with Gasteiger partial charge in [-0.15, -0.1) is 0 Å². The van der Waals surface area contributed by atoms with Crippen molar-refractivity contribution in [1.29, 1.82) is 0 Å². The Labute approximate surface area is 119 Å². The lowest BCUT2D eigenvalue weighted by Gasteiger charge is -2.13. The van der Waals surface area contributed by atoms with Crippen molar-refractivity contribution in [1.82, 2.24) is 5.32 Å². The van der Waals surface area contributed by atoms with Crippen molar-refractivity contribution in [2.75, 3.05) is 7.11 Å². The molecule has 2 rings (SSSR count). The van der Waals surface area contributed by atoms with Gasteiger partial charge in [-0.1, -0.05) is 23.2 Å². The van der Waals surface area contributed by atoms with Crippen LogP contribution in [0.5, 0.6) is 5.75 Å². The molecular formula is C12H11Cl2NO4. The molecule has 0 unspecified atom stereocenters. The predicted molar refractivity (Wildman–Crippen MR) is 70.1 cm³/mol. The maximum absolute atomic E-state index is 12.0. The number of carboxylic acids is 1. The Hall–Kier alpha value is -1.46. The number of amides is 1. The number of hydrogen-bond acceptors (Lipinski definition) is 3. The Balaban J connectivity index is 2.23. The summed E-state index contributed by atoms with van der Waals surface area (Å²) in [5.41, 5.74) is -0.945. The van der Waals surface area contributed by atoms with Crippen LogP contribution in [0.15, 0.2) is 12.1 Å². The van der Waals surface area contributed by atoms with Crippen LogP contribution >= 0.6 is 23.2 Å². The van der Waals surface area contributed by atoms with Gasteiger partial charge in [0, 0.05) is 5.56 Å². The second-order valence-corrected chi connectivity index (χ2v) is 5.13. The molecule has 1 saturated carbocycles. The van der Waals surface area contributed by atoms with Crippen molar-refractivity contribution in [2.45, 2.75) is 18.4 Å². The summed E-state index contributed by atoms with van der Waals surface area (Å²) in [5, 5.41) is 11.9. The Morgan fingerprint density at radius 1 is 1.32 bits per heavy atom. The van der Waals surface area contributed by atoms with Crippen LogP contribution in [-0.4, -0.2) is 29.6 Å². The summed E-state index contributed by atoms with van der Waals surface area (Å²) < 4.78 is 4.97. The number of ether oxygens (including phenoxy) is 1. The number of carboxylic acid groups (broad SMARTS) is 1. The molecule has 102 valence electrons. The molecule has 7 heteroatoms. The largest absolute Gasteiger partial charge is 0.494 e. The molecule has 1 aromatic rings. The first-order valence-electron chi connectivity index (χ1n) is 5.48. The van der Waals surface area contributed by atoms with Gasteiger partial charge in [-0.3, -0.25) is 4.79 Å². The minimum atomic E-state index is -1.14. The zero-order valence-electron chi connectivity index (χ0n) is 10.00. The molecule has 0 aliphatic heterocycles. The molecule has 0 aromatic heterocycles. The molecule has 0 radical (unpaired) electrons. The third-order valence-electron chi connectivity index (χ3n) is 2.98. The third kappa shape index (κ3) is 2.62. The molecule has 1 amide bonds. The molecule has 0 atom stereocenters. The predicted octanol–water partition coefficient (Wildman–Crippen LogP) is 2.35. The van der Waals surface area contributed by atoms with Gasteiger partial charge in [-0.2, -0.15) is 0 Å². The smallest absolute Gasteiger partial charge is 0.329 e. The number of nitrogens with one attached hydrogen (secondary N) is 1. The topological polar surface area (TPSA) is 75.6 Å². The van der Waals surface area contributed by atoms with E-state index in [0.717, 1.165) is 0 Å². The first-order valence-corrected chi connectivity index (χ1v) is 6.24. The summed E-state index contributed by atoms with van der Waals surface area (Å²) in [6.45, 7) is 0. The van der Waals surface area contributed by atoms with Crippen LogP contribution in [0.3, 0.4) is 0 Å². The van der Waals surface area contributed by atoms with Crippen molar-refractivity contribution in [3.05, 3.63) is 27.7 Å². The zero-order chi connectivity index (χ0) is 14.2. The number of carbonyl (C=O) groups excluding carboxylic acids is 1. The van der Waals surface area contributed by atoms with Crippen molar-refractivity contribution in [2.24, 2.45) is 0 Å². The summed E-state index contributed by atoms with van der Waals surface area (Å²) >= 11 is 11.8. The highest BCUT2D eigenvalue weighted by Gasteiger charge is 2.51. The molecule has 19 heavy (non-hydrogen) atoms. The molecule has 1 aliphatic rings. The lowest BCUT2D eigenvalue weighted by Crippen LogP contribution is -2.43. The third-order valence-corrected chi connectivity index (χ3v) is 3.54. The van der Waals surface area contributed by atoms with E-state index in [1.54, 1.807) is 0 Å². The highest BCUT2D eigenvalue weighted by atomic mass is 35.5. The van der Waals surface area contributed by atoms with E-state index in [-0.39, 0.29) is 21.4 Å². The normalized spacial score (nSPS) is 15.7. The quantitative estimate of drug-likeness (QED) is 0.895. The summed E-state index contributed by atoms with van der Waals surface area (Å²) in [4.78, 5) is 23.0. The summed E-state index contributed by atoms with van der Waals surface area (Å²) in [7, 11) is 1.41. The SMILES string of the molecule is COc1c(Cl)cc(C(=O)NC2(C(=O)O)CC2)cc1Cl. The number of benzene rings is 1. The lowest BCUT2D eigenvalue weighted by atomic mass is 10.1. The van der Waals surface area contributed by atoms with Crippen molar-refractivity contribution in [3.63, 3.8) is 0 Å². The monoisotopic (exact) mass is 303 g/mol. The van der Waals surface area contributed by atoms with Crippen LogP contribution in [0, 0.1) is 0 Å². The highest BCUT2D eigenvalue weighted by Crippen LogP contribution is 2.37. The van der Waals surface area contributed by atoms with Crippen molar-refractivity contribution >= 4 is 35.1 Å². The molecule has 1 fully saturated rings. The second kappa shape index (κ2) is 4.90. The Morgan fingerprint density at radius 2 is 1.84 bits per heavy atom. The van der Waals surface area contributed by atoms with Crippen molar-refractivity contribution < 1.29 is 19.4 Å². The van der Waals surface area contributed by atoms with E-state index in [1.165, 1.54) is 19.2 Å². The fraction of sp³-hybridized carbons (Fsp3) is 0.333. The molecule has 2 N–H and O–H groups in total. The van der Waals surface area contributed by atoms with E-state index in [1.807, 2.05) is 0 Å². The van der Waals surface area contributed by atoms with E-state index in [0.29, 0.717) is 12.8 Å². The van der Waals surface area contributed by atoms with Gasteiger partial charge in [0.05, 0.1) is 17.2 Å². The fourth-order valence-electron chi connectivity index (χ4n) is 1.69. The van der Waals surface area contributed by atoms with Crippen LogP contribution < -0.4 is 10.1 Å². The minimum Gasteiger partial charge on any atom is -0.494 e. The molecule has 0 heterocycles. The molecule has 0 bridgehead atoms. The summed E-state index contributed by atoms with van der Waals surface area (Å²) in [6, 6.07) is 2.78. The molecular weight excluding hydrogens is 293 g/mol. The van der Waals surface area contributed by atoms with Crippen molar-refractivity contribution in [3.8, 4) is 5.75 Å². The number of aliphatic carboxylic acids is 1. The van der Waals surface area contributed by atoms with Gasteiger partial charge in [-0.25, -0.2) is 4.79 Å². The summed E-state index contributed by atoms with van der Waals surface area (Å²) in [5.74, 6) is -1.28. The average Bonchev–Trinajstić information content (AvgIpc) is 3.09. The van der Waals surface area contributed by atoms with Gasteiger partial charge in [-0.05, 0) is 25.0 Å². The first-order chi connectivity index (χ1) is 8.89. The Kier molecular flexibility index (Phi) is 3.60. The van der Waals surface area contributed by atoms with E-state index < -0.39 is 17.4 Å². The maximum Gasteiger partial charge on any atom is 0.329 e.